The van der Waals surface area contributed by atoms with Gasteiger partial charge in [-0.25, -0.2) is 12.8 Å². The molecule has 0 atom stereocenters. The van der Waals surface area contributed by atoms with E-state index >= 15 is 0 Å². The third-order valence-electron chi connectivity index (χ3n) is 2.48. The smallest absolute Gasteiger partial charge is 0.264 e. The Labute approximate surface area is 120 Å². The van der Waals surface area contributed by atoms with Gasteiger partial charge in [-0.2, -0.15) is 5.26 Å². The van der Waals surface area contributed by atoms with Crippen molar-refractivity contribution in [3.05, 3.63) is 58.9 Å². The molecule has 0 unspecified atom stereocenters. The average molecular weight is 311 g/mol. The summed E-state index contributed by atoms with van der Waals surface area (Å²) in [5, 5.41) is 9.00. The third-order valence-corrected chi connectivity index (χ3v) is 4.11. The second kappa shape index (κ2) is 5.49. The molecule has 102 valence electrons. The van der Waals surface area contributed by atoms with Crippen molar-refractivity contribution in [1.82, 2.24) is 0 Å². The number of benzene rings is 2. The van der Waals surface area contributed by atoms with Gasteiger partial charge in [0.05, 0.1) is 11.3 Å². The Bertz CT molecular complexity index is 800. The molecule has 7 heteroatoms. The lowest BCUT2D eigenvalue weighted by atomic mass is 10.2. The van der Waals surface area contributed by atoms with Crippen molar-refractivity contribution in [2.45, 2.75) is 4.90 Å². The van der Waals surface area contributed by atoms with Gasteiger partial charge in [-0.1, -0.05) is 23.7 Å². The molecule has 1 N–H and O–H groups in total. The molecule has 0 aliphatic rings. The first-order valence-corrected chi connectivity index (χ1v) is 7.27. The van der Waals surface area contributed by atoms with Gasteiger partial charge < -0.3 is 0 Å². The molecule has 0 aliphatic carbocycles. The minimum atomic E-state index is -4.13. The number of hydrogen-bond acceptors (Lipinski definition) is 3. The van der Waals surface area contributed by atoms with E-state index in [1.54, 1.807) is 12.1 Å². The van der Waals surface area contributed by atoms with Crippen LogP contribution in [0.3, 0.4) is 0 Å². The van der Waals surface area contributed by atoms with E-state index in [1.165, 1.54) is 18.2 Å². The molecule has 0 amide bonds. The van der Waals surface area contributed by atoms with Crippen LogP contribution < -0.4 is 4.72 Å². The first-order chi connectivity index (χ1) is 9.44. The fraction of sp³-hybridized carbons (Fsp3) is 0. The zero-order chi connectivity index (χ0) is 14.8. The first kappa shape index (κ1) is 14.3. The standard InChI is InChI=1S/C13H8ClFN2O2S/c14-10-5-6-13(11(15)7-10)20(18,19)17-12-4-2-1-3-9(12)8-16/h1-7,17H. The van der Waals surface area contributed by atoms with Crippen molar-refractivity contribution < 1.29 is 12.8 Å². The van der Waals surface area contributed by atoms with Gasteiger partial charge in [0, 0.05) is 5.02 Å². The Morgan fingerprint density at radius 2 is 1.90 bits per heavy atom. The summed E-state index contributed by atoms with van der Waals surface area (Å²) in [7, 11) is -4.13. The van der Waals surface area contributed by atoms with Crippen LogP contribution in [0, 0.1) is 17.1 Å². The van der Waals surface area contributed by atoms with Crippen molar-refractivity contribution in [2.75, 3.05) is 4.72 Å². The van der Waals surface area contributed by atoms with Crippen molar-refractivity contribution >= 4 is 27.3 Å². The van der Waals surface area contributed by atoms with Crippen LogP contribution in [0.4, 0.5) is 10.1 Å². The van der Waals surface area contributed by atoms with E-state index in [9.17, 15) is 12.8 Å². The molecule has 0 radical (unpaired) electrons. The van der Waals surface area contributed by atoms with Gasteiger partial charge in [0.1, 0.15) is 16.8 Å². The van der Waals surface area contributed by atoms with Crippen LogP contribution in [-0.4, -0.2) is 8.42 Å². The molecule has 0 bridgehead atoms. The summed E-state index contributed by atoms with van der Waals surface area (Å²) >= 11 is 5.58. The van der Waals surface area contributed by atoms with Crippen LogP contribution in [0.1, 0.15) is 5.56 Å². The molecule has 0 aliphatic heterocycles. The molecule has 0 saturated carbocycles. The Hall–Kier alpha value is -2.10. The Balaban J connectivity index is 2.44. The Morgan fingerprint density at radius 3 is 2.55 bits per heavy atom. The topological polar surface area (TPSA) is 70.0 Å². The van der Waals surface area contributed by atoms with E-state index in [2.05, 4.69) is 4.72 Å². The summed E-state index contributed by atoms with van der Waals surface area (Å²) in [4.78, 5) is -0.533. The van der Waals surface area contributed by atoms with Crippen molar-refractivity contribution in [3.8, 4) is 6.07 Å². The minimum Gasteiger partial charge on any atom is -0.278 e. The number of sulfonamides is 1. The zero-order valence-electron chi connectivity index (χ0n) is 9.97. The van der Waals surface area contributed by atoms with Crippen LogP contribution in [0.15, 0.2) is 47.4 Å². The normalized spacial score (nSPS) is 10.8. The van der Waals surface area contributed by atoms with Crippen LogP contribution in [0.25, 0.3) is 0 Å². The molecular weight excluding hydrogens is 303 g/mol. The van der Waals surface area contributed by atoms with Gasteiger partial charge in [0.25, 0.3) is 10.0 Å². The van der Waals surface area contributed by atoms with Crippen LogP contribution in [0.5, 0.6) is 0 Å². The van der Waals surface area contributed by atoms with E-state index in [-0.39, 0.29) is 16.3 Å². The van der Waals surface area contributed by atoms with Crippen molar-refractivity contribution in [3.63, 3.8) is 0 Å². The van der Waals surface area contributed by atoms with Gasteiger partial charge in [-0.3, -0.25) is 4.72 Å². The quantitative estimate of drug-likeness (QED) is 0.946. The average Bonchev–Trinajstić information content (AvgIpc) is 2.38. The number of halogens is 2. The highest BCUT2D eigenvalue weighted by molar-refractivity contribution is 7.92. The van der Waals surface area contributed by atoms with E-state index < -0.39 is 20.7 Å². The van der Waals surface area contributed by atoms with Gasteiger partial charge in [0.15, 0.2) is 0 Å². The van der Waals surface area contributed by atoms with E-state index in [0.29, 0.717) is 0 Å². The van der Waals surface area contributed by atoms with Gasteiger partial charge in [-0.05, 0) is 30.3 Å². The van der Waals surface area contributed by atoms with Crippen molar-refractivity contribution in [1.29, 1.82) is 5.26 Å². The molecule has 0 aromatic heterocycles. The fourth-order valence-electron chi connectivity index (χ4n) is 1.56. The van der Waals surface area contributed by atoms with Gasteiger partial charge >= 0.3 is 0 Å². The first-order valence-electron chi connectivity index (χ1n) is 5.41. The number of anilines is 1. The summed E-state index contributed by atoms with van der Waals surface area (Å²) in [6, 6.07) is 11.1. The summed E-state index contributed by atoms with van der Waals surface area (Å²) in [6.45, 7) is 0. The van der Waals surface area contributed by atoms with Gasteiger partial charge in [-0.15, -0.1) is 0 Å². The number of rotatable bonds is 3. The molecule has 0 saturated heterocycles. The molecular formula is C13H8ClFN2O2S. The number of hydrogen-bond donors (Lipinski definition) is 1. The second-order valence-electron chi connectivity index (χ2n) is 3.84. The second-order valence-corrected chi connectivity index (χ2v) is 5.92. The molecule has 4 nitrogen and oxygen atoms in total. The summed E-state index contributed by atoms with van der Waals surface area (Å²) < 4.78 is 40.0. The summed E-state index contributed by atoms with van der Waals surface area (Å²) in [5.41, 5.74) is 0.231. The largest absolute Gasteiger partial charge is 0.278 e. The molecule has 0 fully saturated rings. The molecule has 0 heterocycles. The Morgan fingerprint density at radius 1 is 1.20 bits per heavy atom. The summed E-state index contributed by atoms with van der Waals surface area (Å²) in [5.74, 6) is -0.959. The van der Waals surface area contributed by atoms with Crippen LogP contribution >= 0.6 is 11.6 Å². The highest BCUT2D eigenvalue weighted by atomic mass is 35.5. The van der Waals surface area contributed by atoms with Crippen LogP contribution in [-0.2, 0) is 10.0 Å². The lowest BCUT2D eigenvalue weighted by Crippen LogP contribution is -2.15. The third kappa shape index (κ3) is 2.90. The predicted octanol–water partition coefficient (Wildman–Crippen LogP) is 3.15. The predicted molar refractivity (Wildman–Crippen MR) is 73.4 cm³/mol. The highest BCUT2D eigenvalue weighted by Gasteiger charge is 2.20. The maximum absolute atomic E-state index is 13.7. The van der Waals surface area contributed by atoms with E-state index in [0.717, 1.165) is 12.1 Å². The number of nitrogens with zero attached hydrogens (tertiary/aromatic N) is 1. The van der Waals surface area contributed by atoms with Crippen LogP contribution in [0.2, 0.25) is 5.02 Å². The number of nitrogens with one attached hydrogen (secondary N) is 1. The fourth-order valence-corrected chi connectivity index (χ4v) is 2.86. The molecule has 2 aromatic rings. The maximum atomic E-state index is 13.7. The SMILES string of the molecule is N#Cc1ccccc1NS(=O)(=O)c1ccc(Cl)cc1F. The molecule has 0 spiro atoms. The summed E-state index contributed by atoms with van der Waals surface area (Å²) in [6.07, 6.45) is 0. The molecule has 2 rings (SSSR count). The number of para-hydroxylation sites is 1. The lowest BCUT2D eigenvalue weighted by Gasteiger charge is -2.10. The minimum absolute atomic E-state index is 0.0874. The lowest BCUT2D eigenvalue weighted by molar-refractivity contribution is 0.570. The Kier molecular flexibility index (Phi) is 3.93. The highest BCUT2D eigenvalue weighted by Crippen LogP contribution is 2.23. The maximum Gasteiger partial charge on any atom is 0.264 e. The zero-order valence-corrected chi connectivity index (χ0v) is 11.5. The monoisotopic (exact) mass is 310 g/mol. The number of nitriles is 1. The van der Waals surface area contributed by atoms with E-state index in [4.69, 9.17) is 16.9 Å². The molecule has 20 heavy (non-hydrogen) atoms. The molecule has 2 aromatic carbocycles. The van der Waals surface area contributed by atoms with Crippen molar-refractivity contribution in [2.24, 2.45) is 0 Å². The van der Waals surface area contributed by atoms with Gasteiger partial charge in [0.2, 0.25) is 0 Å². The van der Waals surface area contributed by atoms with E-state index in [1.807, 2.05) is 6.07 Å².